The number of hydrogen-bond donors (Lipinski definition) is 1. The van der Waals surface area contributed by atoms with Crippen LogP contribution in [0.1, 0.15) is 44.9 Å². The van der Waals surface area contributed by atoms with Crippen LogP contribution in [0.2, 0.25) is 0 Å². The molecule has 0 aromatic carbocycles. The highest BCUT2D eigenvalue weighted by atomic mass is 16.2. The van der Waals surface area contributed by atoms with Crippen LogP contribution < -0.4 is 0 Å². The molecule has 104 valence electrons. The van der Waals surface area contributed by atoms with Gasteiger partial charge in [-0.2, -0.15) is 0 Å². The van der Waals surface area contributed by atoms with E-state index in [4.69, 9.17) is 5.11 Å². The van der Waals surface area contributed by atoms with E-state index >= 15 is 0 Å². The Kier molecular flexibility index (Phi) is 5.45. The van der Waals surface area contributed by atoms with Crippen LogP contribution in [0, 0.1) is 0 Å². The average molecular weight is 254 g/mol. The first kappa shape index (κ1) is 13.8. The van der Waals surface area contributed by atoms with Crippen molar-refractivity contribution in [1.82, 2.24) is 9.80 Å². The number of piperidine rings is 1. The molecule has 1 amide bonds. The molecule has 0 atom stereocenters. The zero-order valence-electron chi connectivity index (χ0n) is 11.3. The van der Waals surface area contributed by atoms with Gasteiger partial charge in [0, 0.05) is 38.7 Å². The smallest absolute Gasteiger partial charge is 0.222 e. The molecule has 1 N–H and O–H groups in total. The Bertz CT molecular complexity index is 263. The van der Waals surface area contributed by atoms with Gasteiger partial charge in [0.2, 0.25) is 5.91 Å². The Morgan fingerprint density at radius 2 is 1.89 bits per heavy atom. The van der Waals surface area contributed by atoms with E-state index in [0.717, 1.165) is 64.7 Å². The Hall–Kier alpha value is -0.610. The molecule has 2 aliphatic heterocycles. The van der Waals surface area contributed by atoms with Gasteiger partial charge in [-0.3, -0.25) is 4.79 Å². The minimum atomic E-state index is 0.319. The second-order valence-electron chi connectivity index (χ2n) is 5.55. The first-order valence-electron chi connectivity index (χ1n) is 7.44. The van der Waals surface area contributed by atoms with E-state index < -0.39 is 0 Å². The summed E-state index contributed by atoms with van der Waals surface area (Å²) < 4.78 is 0. The van der Waals surface area contributed by atoms with Gasteiger partial charge in [0.1, 0.15) is 0 Å². The number of hydrogen-bond acceptors (Lipinski definition) is 3. The number of carbonyl (C=O) groups excluding carboxylic acids is 1. The largest absolute Gasteiger partial charge is 0.396 e. The highest BCUT2D eigenvalue weighted by Crippen LogP contribution is 2.22. The molecule has 0 saturated carbocycles. The first-order valence-corrected chi connectivity index (χ1v) is 7.44. The SMILES string of the molecule is O=C1CCCN1C1CCN(CCCCCO)CC1. The molecule has 0 spiro atoms. The fraction of sp³-hybridized carbons (Fsp3) is 0.929. The predicted molar refractivity (Wildman–Crippen MR) is 71.3 cm³/mol. The van der Waals surface area contributed by atoms with Crippen LogP contribution in [-0.2, 0) is 4.79 Å². The van der Waals surface area contributed by atoms with E-state index in [2.05, 4.69) is 9.80 Å². The minimum Gasteiger partial charge on any atom is -0.396 e. The molecule has 2 aliphatic rings. The van der Waals surface area contributed by atoms with Gasteiger partial charge in [-0.15, -0.1) is 0 Å². The Morgan fingerprint density at radius 1 is 1.11 bits per heavy atom. The van der Waals surface area contributed by atoms with Gasteiger partial charge in [-0.1, -0.05) is 0 Å². The van der Waals surface area contributed by atoms with Gasteiger partial charge in [0.15, 0.2) is 0 Å². The van der Waals surface area contributed by atoms with Gasteiger partial charge < -0.3 is 14.9 Å². The lowest BCUT2D eigenvalue weighted by Crippen LogP contribution is -2.45. The van der Waals surface area contributed by atoms with Crippen LogP contribution in [-0.4, -0.2) is 59.6 Å². The van der Waals surface area contributed by atoms with E-state index in [1.807, 2.05) is 0 Å². The van der Waals surface area contributed by atoms with Crippen LogP contribution in [0.15, 0.2) is 0 Å². The highest BCUT2D eigenvalue weighted by molar-refractivity contribution is 5.78. The topological polar surface area (TPSA) is 43.8 Å². The number of rotatable bonds is 6. The van der Waals surface area contributed by atoms with Gasteiger partial charge in [-0.05, 0) is 45.1 Å². The average Bonchev–Trinajstić information content (AvgIpc) is 2.82. The molecule has 2 saturated heterocycles. The number of amides is 1. The quantitative estimate of drug-likeness (QED) is 0.725. The van der Waals surface area contributed by atoms with Gasteiger partial charge in [0.05, 0.1) is 0 Å². The van der Waals surface area contributed by atoms with Crippen molar-refractivity contribution in [2.75, 3.05) is 32.8 Å². The van der Waals surface area contributed by atoms with Gasteiger partial charge >= 0.3 is 0 Å². The van der Waals surface area contributed by atoms with Crippen molar-refractivity contribution in [3.05, 3.63) is 0 Å². The normalized spacial score (nSPS) is 22.9. The zero-order chi connectivity index (χ0) is 12.8. The zero-order valence-corrected chi connectivity index (χ0v) is 11.3. The van der Waals surface area contributed by atoms with Crippen LogP contribution in [0.5, 0.6) is 0 Å². The molecule has 18 heavy (non-hydrogen) atoms. The molecule has 0 unspecified atom stereocenters. The standard InChI is InChI=1S/C14H26N2O2/c17-12-3-1-2-8-15-10-6-13(7-11-15)16-9-4-5-14(16)18/h13,17H,1-12H2. The van der Waals surface area contributed by atoms with E-state index in [9.17, 15) is 4.79 Å². The summed E-state index contributed by atoms with van der Waals surface area (Å²) in [4.78, 5) is 16.3. The number of aliphatic hydroxyl groups excluding tert-OH is 1. The van der Waals surface area contributed by atoms with Crippen molar-refractivity contribution in [3.63, 3.8) is 0 Å². The summed E-state index contributed by atoms with van der Waals surface area (Å²) in [6.45, 7) is 4.72. The number of likely N-dealkylation sites (tertiary alicyclic amines) is 2. The molecule has 4 nitrogen and oxygen atoms in total. The fourth-order valence-electron chi connectivity index (χ4n) is 3.13. The highest BCUT2D eigenvalue weighted by Gasteiger charge is 2.30. The molecule has 2 fully saturated rings. The summed E-state index contributed by atoms with van der Waals surface area (Å²) >= 11 is 0. The second-order valence-corrected chi connectivity index (χ2v) is 5.55. The van der Waals surface area contributed by atoms with Crippen LogP contribution >= 0.6 is 0 Å². The van der Waals surface area contributed by atoms with Crippen molar-refractivity contribution in [2.24, 2.45) is 0 Å². The minimum absolute atomic E-state index is 0.319. The van der Waals surface area contributed by atoms with Crippen LogP contribution in [0.25, 0.3) is 0 Å². The van der Waals surface area contributed by atoms with Crippen molar-refractivity contribution < 1.29 is 9.90 Å². The fourth-order valence-corrected chi connectivity index (χ4v) is 3.13. The predicted octanol–water partition coefficient (Wildman–Crippen LogP) is 1.24. The summed E-state index contributed by atoms with van der Waals surface area (Å²) in [5.41, 5.74) is 0. The van der Waals surface area contributed by atoms with Crippen molar-refractivity contribution in [1.29, 1.82) is 0 Å². The maximum atomic E-state index is 11.7. The first-order chi connectivity index (χ1) is 8.81. The molecule has 0 aliphatic carbocycles. The van der Waals surface area contributed by atoms with E-state index in [-0.39, 0.29) is 0 Å². The maximum absolute atomic E-state index is 11.7. The number of unbranched alkanes of at least 4 members (excludes halogenated alkanes) is 2. The monoisotopic (exact) mass is 254 g/mol. The molecule has 4 heteroatoms. The van der Waals surface area contributed by atoms with Crippen molar-refractivity contribution >= 4 is 5.91 Å². The van der Waals surface area contributed by atoms with Gasteiger partial charge in [0.25, 0.3) is 0 Å². The Balaban J connectivity index is 1.63. The lowest BCUT2D eigenvalue weighted by atomic mass is 10.0. The van der Waals surface area contributed by atoms with Gasteiger partial charge in [-0.25, -0.2) is 0 Å². The molecule has 0 aromatic heterocycles. The summed E-state index contributed by atoms with van der Waals surface area (Å²) in [5.74, 6) is 0.372. The third kappa shape index (κ3) is 3.69. The van der Waals surface area contributed by atoms with Crippen LogP contribution in [0.3, 0.4) is 0 Å². The number of aliphatic hydroxyl groups is 1. The summed E-state index contributed by atoms with van der Waals surface area (Å²) in [5, 5.41) is 8.73. The molecule has 0 radical (unpaired) electrons. The molecule has 2 rings (SSSR count). The van der Waals surface area contributed by atoms with E-state index in [1.54, 1.807) is 0 Å². The third-order valence-electron chi connectivity index (χ3n) is 4.24. The molecule has 0 aromatic rings. The van der Waals surface area contributed by atoms with E-state index in [1.165, 1.54) is 6.42 Å². The second kappa shape index (κ2) is 7.10. The molecular formula is C14H26N2O2. The lowest BCUT2D eigenvalue weighted by molar-refractivity contribution is -0.130. The third-order valence-corrected chi connectivity index (χ3v) is 4.24. The summed E-state index contributed by atoms with van der Waals surface area (Å²) in [7, 11) is 0. The summed E-state index contributed by atoms with van der Waals surface area (Å²) in [6.07, 6.45) is 7.35. The van der Waals surface area contributed by atoms with Crippen molar-refractivity contribution in [3.8, 4) is 0 Å². The maximum Gasteiger partial charge on any atom is 0.222 e. The number of carbonyl (C=O) groups is 1. The molecular weight excluding hydrogens is 228 g/mol. The van der Waals surface area contributed by atoms with Crippen molar-refractivity contribution in [2.45, 2.75) is 51.0 Å². The molecule has 2 heterocycles. The Morgan fingerprint density at radius 3 is 2.50 bits per heavy atom. The lowest BCUT2D eigenvalue weighted by Gasteiger charge is -2.36. The van der Waals surface area contributed by atoms with Crippen LogP contribution in [0.4, 0.5) is 0 Å². The number of nitrogens with zero attached hydrogens (tertiary/aromatic N) is 2. The summed E-state index contributed by atoms with van der Waals surface area (Å²) in [6, 6.07) is 0.508. The Labute approximate surface area is 110 Å². The molecule has 0 bridgehead atoms. The van der Waals surface area contributed by atoms with E-state index in [0.29, 0.717) is 18.6 Å².